The van der Waals surface area contributed by atoms with E-state index in [4.69, 9.17) is 4.74 Å². The Balaban J connectivity index is 1.64. The Morgan fingerprint density at radius 1 is 0.970 bits per heavy atom. The number of ether oxygens (including phenoxy) is 1. The lowest BCUT2D eigenvalue weighted by Crippen LogP contribution is -2.30. The number of para-hydroxylation sites is 1. The first kappa shape index (κ1) is 24.5. The van der Waals surface area contributed by atoms with Gasteiger partial charge in [-0.1, -0.05) is 51.1 Å². The van der Waals surface area contributed by atoms with Gasteiger partial charge in [-0.05, 0) is 76.3 Å². The van der Waals surface area contributed by atoms with Crippen molar-refractivity contribution in [3.05, 3.63) is 88.4 Å². The van der Waals surface area contributed by atoms with Crippen molar-refractivity contribution in [3.63, 3.8) is 0 Å². The van der Waals surface area contributed by atoms with Gasteiger partial charge in [-0.3, -0.25) is 9.59 Å². The molecule has 0 bridgehead atoms. The first-order valence-electron chi connectivity index (χ1n) is 10.9. The number of amides is 2. The van der Waals surface area contributed by atoms with Crippen LogP contribution in [0.15, 0.2) is 77.3 Å². The minimum atomic E-state index is -0.304. The number of carbonyl (C=O) groups is 2. The predicted octanol–water partition coefficient (Wildman–Crippen LogP) is 6.43. The van der Waals surface area contributed by atoms with E-state index in [9.17, 15) is 9.59 Å². The van der Waals surface area contributed by atoms with Gasteiger partial charge in [-0.2, -0.15) is 0 Å². The van der Waals surface area contributed by atoms with Crippen molar-refractivity contribution in [1.82, 2.24) is 0 Å². The van der Waals surface area contributed by atoms with Crippen molar-refractivity contribution in [1.29, 1.82) is 0 Å². The largest absolute Gasteiger partial charge is 0.483 e. The molecule has 5 nitrogen and oxygen atoms in total. The van der Waals surface area contributed by atoms with Crippen molar-refractivity contribution in [2.24, 2.45) is 0 Å². The topological polar surface area (TPSA) is 58.6 Å². The second-order valence-corrected chi connectivity index (χ2v) is 9.55. The Morgan fingerprint density at radius 2 is 1.70 bits per heavy atom. The fourth-order valence-corrected chi connectivity index (χ4v) is 3.86. The molecule has 6 heteroatoms. The van der Waals surface area contributed by atoms with Crippen molar-refractivity contribution >= 4 is 39.1 Å². The zero-order valence-corrected chi connectivity index (χ0v) is 21.0. The first-order valence-corrected chi connectivity index (χ1v) is 11.7. The quantitative estimate of drug-likeness (QED) is 0.399. The summed E-state index contributed by atoms with van der Waals surface area (Å²) < 4.78 is 6.50. The van der Waals surface area contributed by atoms with E-state index in [0.717, 1.165) is 10.2 Å². The second-order valence-electron chi connectivity index (χ2n) is 8.70. The van der Waals surface area contributed by atoms with E-state index in [0.29, 0.717) is 23.5 Å². The maximum atomic E-state index is 13.0. The highest BCUT2D eigenvalue weighted by Crippen LogP contribution is 2.31. The number of hydrogen-bond donors (Lipinski definition) is 1. The van der Waals surface area contributed by atoms with Crippen LogP contribution in [0, 0.1) is 0 Å². The molecule has 1 N–H and O–H groups in total. The average molecular weight is 509 g/mol. The summed E-state index contributed by atoms with van der Waals surface area (Å²) in [5.41, 5.74) is 3.06. The molecule has 0 saturated carbocycles. The molecule has 3 rings (SSSR count). The SMILES string of the molecule is CCN(C(=O)c1cccc(NC(=O)COc2ccc(C(C)(C)C)cc2Br)c1)c1ccccc1. The molecule has 0 heterocycles. The van der Waals surface area contributed by atoms with Crippen LogP contribution < -0.4 is 15.0 Å². The summed E-state index contributed by atoms with van der Waals surface area (Å²) >= 11 is 3.52. The van der Waals surface area contributed by atoms with Crippen LogP contribution in [-0.4, -0.2) is 25.0 Å². The summed E-state index contributed by atoms with van der Waals surface area (Å²) in [7, 11) is 0. The second kappa shape index (κ2) is 10.7. The van der Waals surface area contributed by atoms with E-state index in [1.807, 2.05) is 55.5 Å². The van der Waals surface area contributed by atoms with Crippen molar-refractivity contribution < 1.29 is 14.3 Å². The highest BCUT2D eigenvalue weighted by Gasteiger charge is 2.18. The fraction of sp³-hybridized carbons (Fsp3) is 0.259. The molecule has 3 aromatic carbocycles. The van der Waals surface area contributed by atoms with Crippen LogP contribution in [0.3, 0.4) is 0 Å². The molecule has 0 radical (unpaired) electrons. The van der Waals surface area contributed by atoms with Crippen molar-refractivity contribution in [2.45, 2.75) is 33.1 Å². The molecule has 33 heavy (non-hydrogen) atoms. The molecule has 0 fully saturated rings. The molecule has 0 aliphatic rings. The Hall–Kier alpha value is -3.12. The number of benzene rings is 3. The number of nitrogens with zero attached hydrogens (tertiary/aromatic N) is 1. The third-order valence-corrected chi connectivity index (χ3v) is 5.80. The minimum Gasteiger partial charge on any atom is -0.483 e. The van der Waals surface area contributed by atoms with Gasteiger partial charge in [-0.15, -0.1) is 0 Å². The monoisotopic (exact) mass is 508 g/mol. The molecule has 2 amide bonds. The van der Waals surface area contributed by atoms with E-state index in [2.05, 4.69) is 42.0 Å². The summed E-state index contributed by atoms with van der Waals surface area (Å²) in [5.74, 6) is 0.171. The smallest absolute Gasteiger partial charge is 0.262 e. The van der Waals surface area contributed by atoms with Crippen molar-refractivity contribution in [3.8, 4) is 5.75 Å². The van der Waals surface area contributed by atoms with Crippen LogP contribution in [0.1, 0.15) is 43.6 Å². The molecule has 3 aromatic rings. The van der Waals surface area contributed by atoms with Crippen LogP contribution >= 0.6 is 15.9 Å². The molecular formula is C27H29BrN2O3. The highest BCUT2D eigenvalue weighted by molar-refractivity contribution is 9.10. The van der Waals surface area contributed by atoms with Crippen LogP contribution in [-0.2, 0) is 10.2 Å². The summed E-state index contributed by atoms with van der Waals surface area (Å²) in [6.07, 6.45) is 0. The van der Waals surface area contributed by atoms with E-state index >= 15 is 0 Å². The molecule has 172 valence electrons. The predicted molar refractivity (Wildman–Crippen MR) is 137 cm³/mol. The lowest BCUT2D eigenvalue weighted by molar-refractivity contribution is -0.118. The molecule has 0 unspecified atom stereocenters. The summed E-state index contributed by atoms with van der Waals surface area (Å²) in [4.78, 5) is 27.2. The Kier molecular flexibility index (Phi) is 7.92. The van der Waals surface area contributed by atoms with Gasteiger partial charge in [0.1, 0.15) is 5.75 Å². The van der Waals surface area contributed by atoms with Gasteiger partial charge >= 0.3 is 0 Å². The van der Waals surface area contributed by atoms with E-state index < -0.39 is 0 Å². The van der Waals surface area contributed by atoms with Gasteiger partial charge in [0, 0.05) is 23.5 Å². The summed E-state index contributed by atoms with van der Waals surface area (Å²) in [5, 5.41) is 2.81. The first-order chi connectivity index (χ1) is 15.7. The van der Waals surface area contributed by atoms with Gasteiger partial charge in [0.25, 0.3) is 11.8 Å². The molecule has 0 aliphatic carbocycles. The van der Waals surface area contributed by atoms with Crippen LogP contribution in [0.4, 0.5) is 11.4 Å². The van der Waals surface area contributed by atoms with Crippen LogP contribution in [0.5, 0.6) is 5.75 Å². The zero-order valence-electron chi connectivity index (χ0n) is 19.4. The summed E-state index contributed by atoms with van der Waals surface area (Å²) in [6, 6.07) is 22.3. The van der Waals surface area contributed by atoms with Gasteiger partial charge < -0.3 is 15.0 Å². The molecule has 0 atom stereocenters. The number of rotatable bonds is 7. The molecule has 0 spiro atoms. The zero-order chi connectivity index (χ0) is 24.0. The third kappa shape index (κ3) is 6.45. The Labute approximate surface area is 203 Å². The molecular weight excluding hydrogens is 480 g/mol. The lowest BCUT2D eigenvalue weighted by Gasteiger charge is -2.21. The van der Waals surface area contributed by atoms with Gasteiger partial charge in [0.05, 0.1) is 4.47 Å². The van der Waals surface area contributed by atoms with Gasteiger partial charge in [-0.25, -0.2) is 0 Å². The van der Waals surface area contributed by atoms with Crippen molar-refractivity contribution in [2.75, 3.05) is 23.4 Å². The highest BCUT2D eigenvalue weighted by atomic mass is 79.9. The number of halogens is 1. The molecule has 0 aromatic heterocycles. The minimum absolute atomic E-state index is 0.0226. The van der Waals surface area contributed by atoms with E-state index in [1.165, 1.54) is 5.56 Å². The fourth-order valence-electron chi connectivity index (χ4n) is 3.36. The van der Waals surface area contributed by atoms with Crippen LogP contribution in [0.25, 0.3) is 0 Å². The maximum Gasteiger partial charge on any atom is 0.262 e. The van der Waals surface area contributed by atoms with Crippen LogP contribution in [0.2, 0.25) is 0 Å². The third-order valence-electron chi connectivity index (χ3n) is 5.18. The normalized spacial score (nSPS) is 11.1. The average Bonchev–Trinajstić information content (AvgIpc) is 2.79. The maximum absolute atomic E-state index is 13.0. The standard InChI is InChI=1S/C27H29BrN2O3/c1-5-30(22-12-7-6-8-13-22)26(32)19-10-9-11-21(16-19)29-25(31)18-33-24-15-14-20(17-23(24)28)27(2,3)4/h6-17H,5,18H2,1-4H3,(H,29,31). The number of nitrogens with one attached hydrogen (secondary N) is 1. The van der Waals surface area contributed by atoms with Gasteiger partial charge in [0.15, 0.2) is 6.61 Å². The van der Waals surface area contributed by atoms with E-state index in [-0.39, 0.29) is 23.8 Å². The number of anilines is 2. The lowest BCUT2D eigenvalue weighted by atomic mass is 9.87. The van der Waals surface area contributed by atoms with E-state index in [1.54, 1.807) is 29.2 Å². The van der Waals surface area contributed by atoms with Gasteiger partial charge in [0.2, 0.25) is 0 Å². The molecule has 0 saturated heterocycles. The molecule has 0 aliphatic heterocycles. The summed E-state index contributed by atoms with van der Waals surface area (Å²) in [6.45, 7) is 8.75. The number of hydrogen-bond acceptors (Lipinski definition) is 3. The number of carbonyl (C=O) groups excluding carboxylic acids is 2. The Morgan fingerprint density at radius 3 is 2.33 bits per heavy atom. The Bertz CT molecular complexity index is 1120.